The molecule has 0 saturated carbocycles. The van der Waals surface area contributed by atoms with E-state index in [9.17, 15) is 4.79 Å². The van der Waals surface area contributed by atoms with Crippen molar-refractivity contribution in [2.45, 2.75) is 25.8 Å². The number of nitrogens with one attached hydrogen (secondary N) is 1. The van der Waals surface area contributed by atoms with E-state index in [1.54, 1.807) is 0 Å². The summed E-state index contributed by atoms with van der Waals surface area (Å²) in [5.41, 5.74) is 3.89. The number of carbonyl (C=O) groups excluding carboxylic acids is 1. The number of aryl methyl sites for hydroxylation is 1. The average molecular weight is 305 g/mol. The Balaban J connectivity index is 1.65. The van der Waals surface area contributed by atoms with Crippen LogP contribution in [-0.4, -0.2) is 27.3 Å². The largest absolute Gasteiger partial charge is 0.340 e. The van der Waals surface area contributed by atoms with E-state index in [4.69, 9.17) is 0 Å². The van der Waals surface area contributed by atoms with E-state index in [0.29, 0.717) is 0 Å². The van der Waals surface area contributed by atoms with Crippen LogP contribution in [0.3, 0.4) is 0 Å². The lowest BCUT2D eigenvalue weighted by molar-refractivity contribution is 0.0730. The Morgan fingerprint density at radius 2 is 1.96 bits per heavy atom. The van der Waals surface area contributed by atoms with E-state index >= 15 is 0 Å². The lowest BCUT2D eigenvalue weighted by Gasteiger charge is -2.23. The first kappa shape index (κ1) is 14.0. The molecule has 0 spiro atoms. The highest BCUT2D eigenvalue weighted by molar-refractivity contribution is 5.94. The van der Waals surface area contributed by atoms with Gasteiger partial charge in [-0.05, 0) is 44.0 Å². The Labute approximate surface area is 135 Å². The number of carbonyl (C=O) groups is 1. The van der Waals surface area contributed by atoms with Gasteiger partial charge in [0.05, 0.1) is 17.1 Å². The Kier molecular flexibility index (Phi) is 3.37. The Morgan fingerprint density at radius 3 is 2.74 bits per heavy atom. The molecule has 1 aliphatic heterocycles. The molecule has 1 atom stereocenters. The number of fused-ring (bicyclic) bond motifs is 1. The summed E-state index contributed by atoms with van der Waals surface area (Å²) in [6, 6.07) is 15.8. The zero-order chi connectivity index (χ0) is 15.8. The van der Waals surface area contributed by atoms with Crippen molar-refractivity contribution in [2.75, 3.05) is 6.54 Å². The van der Waals surface area contributed by atoms with Gasteiger partial charge in [0.15, 0.2) is 0 Å². The summed E-state index contributed by atoms with van der Waals surface area (Å²) in [7, 11) is 0. The molecule has 2 heterocycles. The molecule has 4 rings (SSSR count). The number of likely N-dealkylation sites (tertiary alicyclic amines) is 1. The second-order valence-corrected chi connectivity index (χ2v) is 6.16. The third kappa shape index (κ3) is 2.50. The number of hydrogen-bond donors (Lipinski definition) is 1. The number of amides is 1. The maximum atomic E-state index is 12.8. The molecule has 4 heteroatoms. The maximum absolute atomic E-state index is 12.8. The first-order chi connectivity index (χ1) is 11.2. The van der Waals surface area contributed by atoms with Crippen LogP contribution in [0.2, 0.25) is 0 Å². The number of aromatic nitrogens is 2. The third-order valence-electron chi connectivity index (χ3n) is 4.54. The van der Waals surface area contributed by atoms with Crippen molar-refractivity contribution in [3.63, 3.8) is 0 Å². The fourth-order valence-electron chi connectivity index (χ4n) is 3.29. The zero-order valence-electron chi connectivity index (χ0n) is 13.1. The number of nitrogens with zero attached hydrogens (tertiary/aromatic N) is 2. The topological polar surface area (TPSA) is 49.0 Å². The fourth-order valence-corrected chi connectivity index (χ4v) is 3.29. The highest BCUT2D eigenvalue weighted by Crippen LogP contribution is 2.32. The first-order valence-corrected chi connectivity index (χ1v) is 8.05. The number of hydrogen-bond acceptors (Lipinski definition) is 2. The highest BCUT2D eigenvalue weighted by Gasteiger charge is 2.32. The van der Waals surface area contributed by atoms with Crippen molar-refractivity contribution < 1.29 is 4.79 Å². The molecule has 1 N–H and O–H groups in total. The molecule has 1 saturated heterocycles. The van der Waals surface area contributed by atoms with Gasteiger partial charge in [0.25, 0.3) is 5.91 Å². The van der Waals surface area contributed by atoms with Crippen LogP contribution in [0.1, 0.15) is 40.6 Å². The standard InChI is InChI=1S/C19H19N3O/c1-13-8-10-14(11-9-13)19(23)22-12-4-7-17(22)18-20-15-5-2-3-6-16(15)21-18/h2-3,5-6,8-11,17H,4,7,12H2,1H3,(H,20,21). The molecular weight excluding hydrogens is 286 g/mol. The quantitative estimate of drug-likeness (QED) is 0.782. The molecule has 23 heavy (non-hydrogen) atoms. The van der Waals surface area contributed by atoms with Crippen molar-refractivity contribution in [3.8, 4) is 0 Å². The molecule has 0 bridgehead atoms. The first-order valence-electron chi connectivity index (χ1n) is 8.05. The van der Waals surface area contributed by atoms with E-state index in [0.717, 1.165) is 47.4 Å². The predicted molar refractivity (Wildman–Crippen MR) is 90.3 cm³/mol. The smallest absolute Gasteiger partial charge is 0.254 e. The van der Waals surface area contributed by atoms with Crippen LogP contribution in [0, 0.1) is 6.92 Å². The van der Waals surface area contributed by atoms with Gasteiger partial charge < -0.3 is 9.88 Å². The number of para-hydroxylation sites is 2. The van der Waals surface area contributed by atoms with Crippen LogP contribution in [0.4, 0.5) is 0 Å². The molecule has 0 aliphatic carbocycles. The summed E-state index contributed by atoms with van der Waals surface area (Å²) in [5, 5.41) is 0. The van der Waals surface area contributed by atoms with Gasteiger partial charge in [-0.3, -0.25) is 4.79 Å². The van der Waals surface area contributed by atoms with Crippen LogP contribution in [0.25, 0.3) is 11.0 Å². The van der Waals surface area contributed by atoms with Gasteiger partial charge in [-0.25, -0.2) is 4.98 Å². The fraction of sp³-hybridized carbons (Fsp3) is 0.263. The molecule has 116 valence electrons. The van der Waals surface area contributed by atoms with Gasteiger partial charge in [-0.1, -0.05) is 29.8 Å². The Morgan fingerprint density at radius 1 is 1.17 bits per heavy atom. The number of benzene rings is 2. The van der Waals surface area contributed by atoms with Gasteiger partial charge in [0, 0.05) is 12.1 Å². The molecular formula is C19H19N3O. The van der Waals surface area contributed by atoms with Crippen LogP contribution in [-0.2, 0) is 0 Å². The summed E-state index contributed by atoms with van der Waals surface area (Å²) in [4.78, 5) is 22.9. The zero-order valence-corrected chi connectivity index (χ0v) is 13.1. The second-order valence-electron chi connectivity index (χ2n) is 6.16. The SMILES string of the molecule is Cc1ccc(C(=O)N2CCCC2c2nc3ccccc3[nH]2)cc1. The molecule has 1 aromatic heterocycles. The summed E-state index contributed by atoms with van der Waals surface area (Å²) < 4.78 is 0. The van der Waals surface area contributed by atoms with Gasteiger partial charge in [0.2, 0.25) is 0 Å². The number of rotatable bonds is 2. The van der Waals surface area contributed by atoms with Gasteiger partial charge in [-0.2, -0.15) is 0 Å². The Bertz CT molecular complexity index is 817. The molecule has 0 radical (unpaired) electrons. The summed E-state index contributed by atoms with van der Waals surface area (Å²) in [6.07, 6.45) is 1.97. The number of imidazole rings is 1. The van der Waals surface area contributed by atoms with Gasteiger partial charge >= 0.3 is 0 Å². The van der Waals surface area contributed by atoms with Gasteiger partial charge in [-0.15, -0.1) is 0 Å². The average Bonchev–Trinajstić information content (AvgIpc) is 3.21. The molecule has 3 aromatic rings. The van der Waals surface area contributed by atoms with Crippen LogP contribution in [0.5, 0.6) is 0 Å². The highest BCUT2D eigenvalue weighted by atomic mass is 16.2. The normalized spacial score (nSPS) is 17.8. The predicted octanol–water partition coefficient (Wildman–Crippen LogP) is 3.85. The number of H-pyrrole nitrogens is 1. The maximum Gasteiger partial charge on any atom is 0.254 e. The molecule has 1 fully saturated rings. The molecule has 1 aliphatic rings. The molecule has 4 nitrogen and oxygen atoms in total. The van der Waals surface area contributed by atoms with E-state index in [2.05, 4.69) is 9.97 Å². The lowest BCUT2D eigenvalue weighted by atomic mass is 10.1. The van der Waals surface area contributed by atoms with Crippen molar-refractivity contribution >= 4 is 16.9 Å². The van der Waals surface area contributed by atoms with Gasteiger partial charge in [0.1, 0.15) is 5.82 Å². The third-order valence-corrected chi connectivity index (χ3v) is 4.54. The Hall–Kier alpha value is -2.62. The minimum Gasteiger partial charge on any atom is -0.340 e. The second kappa shape index (κ2) is 5.54. The summed E-state index contributed by atoms with van der Waals surface area (Å²) >= 11 is 0. The van der Waals surface area contributed by atoms with E-state index < -0.39 is 0 Å². The molecule has 1 unspecified atom stereocenters. The summed E-state index contributed by atoms with van der Waals surface area (Å²) in [5.74, 6) is 0.983. The van der Waals surface area contributed by atoms with Crippen molar-refractivity contribution in [1.29, 1.82) is 0 Å². The van der Waals surface area contributed by atoms with Crippen LogP contribution < -0.4 is 0 Å². The van der Waals surface area contributed by atoms with Crippen molar-refractivity contribution in [3.05, 3.63) is 65.5 Å². The van der Waals surface area contributed by atoms with E-state index in [-0.39, 0.29) is 11.9 Å². The molecule has 1 amide bonds. The van der Waals surface area contributed by atoms with E-state index in [1.807, 2.05) is 60.4 Å². The number of aromatic amines is 1. The minimum absolute atomic E-state index is 0.0382. The van der Waals surface area contributed by atoms with Crippen LogP contribution in [0.15, 0.2) is 48.5 Å². The van der Waals surface area contributed by atoms with Crippen molar-refractivity contribution in [1.82, 2.24) is 14.9 Å². The van der Waals surface area contributed by atoms with E-state index in [1.165, 1.54) is 0 Å². The monoisotopic (exact) mass is 305 g/mol. The summed E-state index contributed by atoms with van der Waals surface area (Å²) in [6.45, 7) is 2.82. The molecule has 2 aromatic carbocycles. The lowest BCUT2D eigenvalue weighted by Crippen LogP contribution is -2.31. The minimum atomic E-state index is 0.0382. The van der Waals surface area contributed by atoms with Crippen molar-refractivity contribution in [2.24, 2.45) is 0 Å². The van der Waals surface area contributed by atoms with Crippen LogP contribution >= 0.6 is 0 Å².